The van der Waals surface area contributed by atoms with Gasteiger partial charge in [0.05, 0.1) is 23.5 Å². The third kappa shape index (κ3) is 4.36. The lowest BCUT2D eigenvalue weighted by Gasteiger charge is -2.21. The van der Waals surface area contributed by atoms with Crippen molar-refractivity contribution in [2.75, 3.05) is 16.8 Å². The molecule has 5 nitrogen and oxygen atoms in total. The van der Waals surface area contributed by atoms with Gasteiger partial charge < -0.3 is 10.2 Å². The molecule has 29 heavy (non-hydrogen) atoms. The van der Waals surface area contributed by atoms with E-state index in [2.05, 4.69) is 5.32 Å². The van der Waals surface area contributed by atoms with Crippen molar-refractivity contribution in [1.82, 2.24) is 0 Å². The van der Waals surface area contributed by atoms with Gasteiger partial charge in [0.25, 0.3) is 0 Å². The zero-order valence-electron chi connectivity index (χ0n) is 15.5. The summed E-state index contributed by atoms with van der Waals surface area (Å²) in [5.74, 6) is -0.457. The van der Waals surface area contributed by atoms with Crippen molar-refractivity contribution in [3.63, 3.8) is 0 Å². The predicted molar refractivity (Wildman–Crippen MR) is 116 cm³/mol. The predicted octanol–water partition coefficient (Wildman–Crippen LogP) is 4.84. The number of nitrogens with zero attached hydrogens (tertiary/aromatic N) is 2. The Bertz CT molecular complexity index is 1080. The highest BCUT2D eigenvalue weighted by Crippen LogP contribution is 2.33. The van der Waals surface area contributed by atoms with Crippen molar-refractivity contribution >= 4 is 46.2 Å². The number of carbonyl (C=O) groups is 2. The number of aliphatic imine (C=N–C) groups is 1. The van der Waals surface area contributed by atoms with Gasteiger partial charge in [0.2, 0.25) is 11.8 Å². The topological polar surface area (TPSA) is 61.8 Å². The molecule has 1 aliphatic heterocycles. The Morgan fingerprint density at radius 3 is 2.41 bits per heavy atom. The van der Waals surface area contributed by atoms with Crippen LogP contribution in [0.3, 0.4) is 0 Å². The second-order valence-corrected chi connectivity index (χ2v) is 7.06. The minimum atomic E-state index is -0.269. The lowest BCUT2D eigenvalue weighted by atomic mass is 10.1. The van der Waals surface area contributed by atoms with E-state index in [0.29, 0.717) is 27.8 Å². The fourth-order valence-electron chi connectivity index (χ4n) is 3.19. The van der Waals surface area contributed by atoms with Crippen LogP contribution in [0, 0.1) is 0 Å². The molecule has 0 aromatic heterocycles. The van der Waals surface area contributed by atoms with E-state index in [-0.39, 0.29) is 24.8 Å². The number of anilines is 2. The monoisotopic (exact) mass is 403 g/mol. The summed E-state index contributed by atoms with van der Waals surface area (Å²) in [5.41, 5.74) is 3.42. The highest BCUT2D eigenvalue weighted by molar-refractivity contribution is 6.30. The summed E-state index contributed by atoms with van der Waals surface area (Å²) in [6.07, 6.45) is 0.0922. The molecule has 1 N–H and O–H groups in total. The van der Waals surface area contributed by atoms with Crippen LogP contribution >= 0.6 is 11.6 Å². The summed E-state index contributed by atoms with van der Waals surface area (Å²) in [4.78, 5) is 31.8. The summed E-state index contributed by atoms with van der Waals surface area (Å²) in [5, 5.41) is 3.44. The Morgan fingerprint density at radius 1 is 0.966 bits per heavy atom. The van der Waals surface area contributed by atoms with Crippen LogP contribution in [0.5, 0.6) is 0 Å². The van der Waals surface area contributed by atoms with Crippen LogP contribution in [0.1, 0.15) is 12.0 Å². The number of fused-ring (bicyclic) bond motifs is 1. The number of halogens is 1. The highest BCUT2D eigenvalue weighted by atomic mass is 35.5. The Labute approximate surface area is 173 Å². The summed E-state index contributed by atoms with van der Waals surface area (Å²) < 4.78 is 0. The van der Waals surface area contributed by atoms with Crippen molar-refractivity contribution < 1.29 is 9.59 Å². The first-order valence-electron chi connectivity index (χ1n) is 9.18. The van der Waals surface area contributed by atoms with Crippen LogP contribution in [0.2, 0.25) is 5.02 Å². The fraction of sp³-hybridized carbons (Fsp3) is 0.0870. The molecule has 6 heteroatoms. The molecule has 0 unspecified atom stereocenters. The van der Waals surface area contributed by atoms with Crippen LogP contribution in [-0.2, 0) is 9.59 Å². The molecule has 0 saturated carbocycles. The van der Waals surface area contributed by atoms with Crippen LogP contribution < -0.4 is 10.2 Å². The highest BCUT2D eigenvalue weighted by Gasteiger charge is 2.26. The van der Waals surface area contributed by atoms with Crippen LogP contribution in [0.15, 0.2) is 83.9 Å². The average molecular weight is 404 g/mol. The first-order valence-corrected chi connectivity index (χ1v) is 9.56. The van der Waals surface area contributed by atoms with E-state index in [1.165, 1.54) is 4.90 Å². The summed E-state index contributed by atoms with van der Waals surface area (Å²) in [6.45, 7) is -0.0891. The Kier molecular flexibility index (Phi) is 5.40. The summed E-state index contributed by atoms with van der Waals surface area (Å²) in [7, 11) is 0. The number of carbonyl (C=O) groups excluding carboxylic acids is 2. The molecular formula is C23H18ClN3O2. The van der Waals surface area contributed by atoms with Gasteiger partial charge in [-0.15, -0.1) is 0 Å². The van der Waals surface area contributed by atoms with E-state index in [4.69, 9.17) is 16.6 Å². The SMILES string of the molecule is O=C(CN1C(=O)CC(c2ccc(Cl)cc2)=Nc2ccccc21)Nc1ccccc1. The van der Waals surface area contributed by atoms with Gasteiger partial charge in [-0.25, -0.2) is 0 Å². The number of hydrogen-bond donors (Lipinski definition) is 1. The molecular weight excluding hydrogens is 386 g/mol. The minimum absolute atomic E-state index is 0.0891. The van der Waals surface area contributed by atoms with Crippen molar-refractivity contribution in [3.05, 3.63) is 89.4 Å². The molecule has 2 amide bonds. The molecule has 0 bridgehead atoms. The van der Waals surface area contributed by atoms with Gasteiger partial charge >= 0.3 is 0 Å². The fourth-order valence-corrected chi connectivity index (χ4v) is 3.32. The van der Waals surface area contributed by atoms with Gasteiger partial charge in [-0.3, -0.25) is 14.6 Å². The van der Waals surface area contributed by atoms with Crippen molar-refractivity contribution in [2.24, 2.45) is 4.99 Å². The Hall–Kier alpha value is -3.44. The van der Waals surface area contributed by atoms with Gasteiger partial charge in [-0.2, -0.15) is 0 Å². The number of hydrogen-bond acceptors (Lipinski definition) is 3. The molecule has 0 radical (unpaired) electrons. The van der Waals surface area contributed by atoms with Crippen molar-refractivity contribution in [2.45, 2.75) is 6.42 Å². The quantitative estimate of drug-likeness (QED) is 0.677. The average Bonchev–Trinajstić information content (AvgIpc) is 2.86. The Balaban J connectivity index is 1.62. The van der Waals surface area contributed by atoms with Gasteiger partial charge in [-0.1, -0.05) is 54.1 Å². The third-order valence-corrected chi connectivity index (χ3v) is 4.84. The first-order chi connectivity index (χ1) is 14.1. The van der Waals surface area contributed by atoms with Gasteiger partial charge in [-0.05, 0) is 42.0 Å². The Morgan fingerprint density at radius 2 is 1.66 bits per heavy atom. The molecule has 1 heterocycles. The maximum absolute atomic E-state index is 13.1. The maximum atomic E-state index is 13.1. The number of para-hydroxylation sites is 3. The standard InChI is InChI=1S/C23H18ClN3O2/c24-17-12-10-16(11-13-17)20-14-23(29)27(21-9-5-4-8-19(21)26-20)15-22(28)25-18-6-2-1-3-7-18/h1-13H,14-15H2,(H,25,28). The smallest absolute Gasteiger partial charge is 0.244 e. The molecule has 0 fully saturated rings. The third-order valence-electron chi connectivity index (χ3n) is 4.58. The van der Waals surface area contributed by atoms with E-state index in [1.54, 1.807) is 30.3 Å². The second kappa shape index (κ2) is 8.29. The molecule has 0 saturated heterocycles. The summed E-state index contributed by atoms with van der Waals surface area (Å²) >= 11 is 5.98. The van der Waals surface area contributed by atoms with Crippen LogP contribution in [0.25, 0.3) is 0 Å². The molecule has 4 rings (SSSR count). The first kappa shape index (κ1) is 18.9. The lowest BCUT2D eigenvalue weighted by molar-refractivity contribution is -0.120. The molecule has 144 valence electrons. The van der Waals surface area contributed by atoms with E-state index >= 15 is 0 Å². The van der Waals surface area contributed by atoms with Crippen molar-refractivity contribution in [3.8, 4) is 0 Å². The molecule has 3 aromatic rings. The second-order valence-electron chi connectivity index (χ2n) is 6.62. The van der Waals surface area contributed by atoms with Gasteiger partial charge in [0.1, 0.15) is 6.54 Å². The number of nitrogens with one attached hydrogen (secondary N) is 1. The zero-order valence-corrected chi connectivity index (χ0v) is 16.3. The van der Waals surface area contributed by atoms with Crippen LogP contribution in [-0.4, -0.2) is 24.1 Å². The molecule has 0 aliphatic carbocycles. The van der Waals surface area contributed by atoms with E-state index in [0.717, 1.165) is 5.56 Å². The normalized spacial score (nSPS) is 13.3. The number of rotatable bonds is 4. The molecule has 1 aliphatic rings. The zero-order chi connectivity index (χ0) is 20.2. The van der Waals surface area contributed by atoms with E-state index in [1.807, 2.05) is 48.5 Å². The van der Waals surface area contributed by atoms with Crippen LogP contribution in [0.4, 0.5) is 17.1 Å². The summed E-state index contributed by atoms with van der Waals surface area (Å²) in [6, 6.07) is 23.7. The number of amides is 2. The maximum Gasteiger partial charge on any atom is 0.244 e. The van der Waals surface area contributed by atoms with Gasteiger partial charge in [0.15, 0.2) is 0 Å². The largest absolute Gasteiger partial charge is 0.325 e. The van der Waals surface area contributed by atoms with E-state index < -0.39 is 0 Å². The molecule has 3 aromatic carbocycles. The molecule has 0 spiro atoms. The van der Waals surface area contributed by atoms with Gasteiger partial charge in [0, 0.05) is 10.7 Å². The van der Waals surface area contributed by atoms with E-state index in [9.17, 15) is 9.59 Å². The number of benzene rings is 3. The van der Waals surface area contributed by atoms with Crippen molar-refractivity contribution in [1.29, 1.82) is 0 Å². The molecule has 0 atom stereocenters. The lowest BCUT2D eigenvalue weighted by Crippen LogP contribution is -2.38. The minimum Gasteiger partial charge on any atom is -0.325 e.